The van der Waals surface area contributed by atoms with Gasteiger partial charge in [0.25, 0.3) is 5.91 Å². The topological polar surface area (TPSA) is 49.4 Å². The normalized spacial score (nSPS) is 15.2. The number of nitrogens with zero attached hydrogens (tertiary/aromatic N) is 1. The fraction of sp³-hybridized carbons (Fsp3) is 0.417. The first-order valence-corrected chi connectivity index (χ1v) is 11.5. The van der Waals surface area contributed by atoms with Crippen LogP contribution in [0, 0.1) is 0 Å². The highest BCUT2D eigenvalue weighted by Gasteiger charge is 2.19. The number of benzene rings is 2. The molecule has 1 fully saturated rings. The molecule has 29 heavy (non-hydrogen) atoms. The lowest BCUT2D eigenvalue weighted by Gasteiger charge is -2.21. The van der Waals surface area contributed by atoms with Crippen LogP contribution in [0.2, 0.25) is 0 Å². The zero-order valence-corrected chi connectivity index (χ0v) is 17.9. The fourth-order valence-corrected chi connectivity index (χ4v) is 4.59. The van der Waals surface area contributed by atoms with Gasteiger partial charge in [-0.2, -0.15) is 0 Å². The average Bonchev–Trinajstić information content (AvgIpc) is 2.74. The molecule has 0 spiro atoms. The average molecular weight is 411 g/mol. The second-order valence-corrected chi connectivity index (χ2v) is 8.61. The van der Waals surface area contributed by atoms with Crippen LogP contribution in [0.15, 0.2) is 59.5 Å². The van der Waals surface area contributed by atoms with Crippen LogP contribution in [0.25, 0.3) is 0 Å². The SMILES string of the molecule is CN(C(=O)c1ccccc1SCC(=O)NC1CCCCCCC1)c1ccccc1. The summed E-state index contributed by atoms with van der Waals surface area (Å²) in [6.07, 6.45) is 8.40. The maximum absolute atomic E-state index is 13.0. The molecule has 2 amide bonds. The number of hydrogen-bond acceptors (Lipinski definition) is 3. The van der Waals surface area contributed by atoms with E-state index in [0.29, 0.717) is 17.4 Å². The molecule has 0 bridgehead atoms. The van der Waals surface area contributed by atoms with Crippen LogP contribution in [-0.4, -0.2) is 30.7 Å². The molecule has 1 N–H and O–H groups in total. The van der Waals surface area contributed by atoms with Gasteiger partial charge >= 0.3 is 0 Å². The molecule has 154 valence electrons. The lowest BCUT2D eigenvalue weighted by molar-refractivity contribution is -0.119. The molecule has 1 aliphatic carbocycles. The quantitative estimate of drug-likeness (QED) is 0.659. The molecule has 0 aromatic heterocycles. The number of nitrogens with one attached hydrogen (secondary N) is 1. The Morgan fingerprint density at radius 2 is 1.55 bits per heavy atom. The first-order valence-electron chi connectivity index (χ1n) is 10.5. The Balaban J connectivity index is 1.60. The summed E-state index contributed by atoms with van der Waals surface area (Å²) in [6.45, 7) is 0. The third-order valence-electron chi connectivity index (χ3n) is 5.39. The first kappa shape index (κ1) is 21.4. The van der Waals surface area contributed by atoms with E-state index in [1.807, 2.05) is 54.6 Å². The van der Waals surface area contributed by atoms with Crippen LogP contribution in [0.1, 0.15) is 55.3 Å². The van der Waals surface area contributed by atoms with Crippen molar-refractivity contribution in [3.8, 4) is 0 Å². The number of rotatable bonds is 6. The summed E-state index contributed by atoms with van der Waals surface area (Å²) in [5.74, 6) is 0.314. The van der Waals surface area contributed by atoms with Crippen molar-refractivity contribution >= 4 is 29.3 Å². The maximum atomic E-state index is 13.0. The molecule has 0 radical (unpaired) electrons. The van der Waals surface area contributed by atoms with Gasteiger partial charge < -0.3 is 10.2 Å². The summed E-state index contributed by atoms with van der Waals surface area (Å²) < 4.78 is 0. The largest absolute Gasteiger partial charge is 0.353 e. The summed E-state index contributed by atoms with van der Waals surface area (Å²) in [6, 6.07) is 17.4. The molecule has 1 aliphatic rings. The second kappa shape index (κ2) is 11.1. The molecule has 0 unspecified atom stereocenters. The van der Waals surface area contributed by atoms with E-state index in [1.165, 1.54) is 43.9 Å². The minimum Gasteiger partial charge on any atom is -0.353 e. The van der Waals surface area contributed by atoms with E-state index >= 15 is 0 Å². The molecule has 2 aromatic rings. The van der Waals surface area contributed by atoms with Gasteiger partial charge in [0.05, 0.1) is 11.3 Å². The third kappa shape index (κ3) is 6.36. The van der Waals surface area contributed by atoms with Crippen molar-refractivity contribution in [1.82, 2.24) is 5.32 Å². The zero-order valence-electron chi connectivity index (χ0n) is 17.1. The number of hydrogen-bond donors (Lipinski definition) is 1. The van der Waals surface area contributed by atoms with Crippen molar-refractivity contribution in [2.45, 2.75) is 55.9 Å². The Morgan fingerprint density at radius 3 is 2.28 bits per heavy atom. The van der Waals surface area contributed by atoms with Crippen molar-refractivity contribution in [1.29, 1.82) is 0 Å². The summed E-state index contributed by atoms with van der Waals surface area (Å²) in [7, 11) is 1.78. The van der Waals surface area contributed by atoms with E-state index in [4.69, 9.17) is 0 Å². The Morgan fingerprint density at radius 1 is 0.931 bits per heavy atom. The van der Waals surface area contributed by atoms with Crippen molar-refractivity contribution in [3.63, 3.8) is 0 Å². The van der Waals surface area contributed by atoms with Gasteiger partial charge in [-0.15, -0.1) is 11.8 Å². The molecular weight excluding hydrogens is 380 g/mol. The Kier molecular flexibility index (Phi) is 8.17. The van der Waals surface area contributed by atoms with Gasteiger partial charge in [-0.05, 0) is 37.1 Å². The van der Waals surface area contributed by atoms with Crippen LogP contribution in [0.5, 0.6) is 0 Å². The lowest BCUT2D eigenvalue weighted by Crippen LogP contribution is -2.36. The number of anilines is 1. The molecule has 0 heterocycles. The number of amides is 2. The molecular formula is C24H30N2O2S. The maximum Gasteiger partial charge on any atom is 0.259 e. The van der Waals surface area contributed by atoms with Crippen molar-refractivity contribution in [2.75, 3.05) is 17.7 Å². The highest BCUT2D eigenvalue weighted by molar-refractivity contribution is 8.00. The minimum atomic E-state index is -0.0697. The summed E-state index contributed by atoms with van der Waals surface area (Å²) in [4.78, 5) is 28.0. The molecule has 4 nitrogen and oxygen atoms in total. The Labute approximate surface area is 178 Å². The molecule has 2 aromatic carbocycles. The number of carbonyl (C=O) groups excluding carboxylic acids is 2. The number of carbonyl (C=O) groups is 2. The van der Waals surface area contributed by atoms with Gasteiger partial charge in [0, 0.05) is 23.7 Å². The highest BCUT2D eigenvalue weighted by Crippen LogP contribution is 2.25. The predicted molar refractivity (Wildman–Crippen MR) is 121 cm³/mol. The zero-order chi connectivity index (χ0) is 20.5. The fourth-order valence-electron chi connectivity index (χ4n) is 3.73. The number of para-hydroxylation sites is 1. The van der Waals surface area contributed by atoms with Crippen molar-refractivity contribution in [2.24, 2.45) is 0 Å². The van der Waals surface area contributed by atoms with Crippen LogP contribution in [0.3, 0.4) is 0 Å². The summed E-state index contributed by atoms with van der Waals surface area (Å²) in [5.41, 5.74) is 1.47. The Hall–Kier alpha value is -2.27. The van der Waals surface area contributed by atoms with E-state index in [0.717, 1.165) is 23.4 Å². The molecule has 0 saturated heterocycles. The van der Waals surface area contributed by atoms with Gasteiger partial charge in [-0.25, -0.2) is 0 Å². The highest BCUT2D eigenvalue weighted by atomic mass is 32.2. The van der Waals surface area contributed by atoms with E-state index in [2.05, 4.69) is 5.32 Å². The van der Waals surface area contributed by atoms with Crippen molar-refractivity contribution < 1.29 is 9.59 Å². The van der Waals surface area contributed by atoms with Crippen LogP contribution in [-0.2, 0) is 4.79 Å². The smallest absolute Gasteiger partial charge is 0.259 e. The lowest BCUT2D eigenvalue weighted by atomic mass is 9.97. The third-order valence-corrected chi connectivity index (χ3v) is 6.47. The van der Waals surface area contributed by atoms with E-state index < -0.39 is 0 Å². The molecule has 0 aliphatic heterocycles. The van der Waals surface area contributed by atoms with E-state index in [-0.39, 0.29) is 11.8 Å². The second-order valence-electron chi connectivity index (χ2n) is 7.59. The van der Waals surface area contributed by atoms with Gasteiger partial charge in [0.2, 0.25) is 5.91 Å². The molecule has 0 atom stereocenters. The molecule has 3 rings (SSSR count). The van der Waals surface area contributed by atoms with Crippen LogP contribution in [0.4, 0.5) is 5.69 Å². The van der Waals surface area contributed by atoms with Crippen molar-refractivity contribution in [3.05, 3.63) is 60.2 Å². The van der Waals surface area contributed by atoms with Crippen LogP contribution >= 0.6 is 11.8 Å². The molecule has 5 heteroatoms. The van der Waals surface area contributed by atoms with Gasteiger partial charge in [-0.1, -0.05) is 62.4 Å². The molecule has 1 saturated carbocycles. The Bertz CT molecular complexity index is 802. The first-order chi connectivity index (χ1) is 14.1. The van der Waals surface area contributed by atoms with E-state index in [1.54, 1.807) is 11.9 Å². The van der Waals surface area contributed by atoms with Gasteiger partial charge in [-0.3, -0.25) is 9.59 Å². The van der Waals surface area contributed by atoms with Gasteiger partial charge in [0.15, 0.2) is 0 Å². The predicted octanol–water partition coefficient (Wildman–Crippen LogP) is 5.28. The standard InChI is InChI=1S/C24H30N2O2S/c1-26(20-14-8-5-9-15-20)24(28)21-16-10-11-17-22(21)29-18-23(27)25-19-12-6-3-2-4-7-13-19/h5,8-11,14-17,19H,2-4,6-7,12-13,18H2,1H3,(H,25,27). The van der Waals surface area contributed by atoms with E-state index in [9.17, 15) is 9.59 Å². The minimum absolute atomic E-state index is 0.0549. The number of thioether (sulfide) groups is 1. The monoisotopic (exact) mass is 410 g/mol. The van der Waals surface area contributed by atoms with Crippen LogP contribution < -0.4 is 10.2 Å². The summed E-state index contributed by atoms with van der Waals surface area (Å²) >= 11 is 1.43. The summed E-state index contributed by atoms with van der Waals surface area (Å²) in [5, 5.41) is 3.20. The van der Waals surface area contributed by atoms with Gasteiger partial charge in [0.1, 0.15) is 0 Å².